The van der Waals surface area contributed by atoms with E-state index in [2.05, 4.69) is 65.3 Å². The summed E-state index contributed by atoms with van der Waals surface area (Å²) in [6, 6.07) is 13.6. The number of nitrogens with zero attached hydrogens (tertiary/aromatic N) is 2. The molecular formula is C22H27N3. The highest BCUT2D eigenvalue weighted by Gasteiger charge is 2.20. The van der Waals surface area contributed by atoms with Crippen molar-refractivity contribution in [3.63, 3.8) is 0 Å². The summed E-state index contributed by atoms with van der Waals surface area (Å²) in [5, 5.41) is 8.39. The van der Waals surface area contributed by atoms with Crippen LogP contribution in [0.15, 0.2) is 42.6 Å². The van der Waals surface area contributed by atoms with E-state index in [1.54, 1.807) is 0 Å². The van der Waals surface area contributed by atoms with E-state index < -0.39 is 0 Å². The number of piperidine rings is 1. The summed E-state index contributed by atoms with van der Waals surface area (Å²) in [5.41, 5.74) is 6.82. The number of rotatable bonds is 4. The van der Waals surface area contributed by atoms with Gasteiger partial charge in [0.2, 0.25) is 0 Å². The van der Waals surface area contributed by atoms with Gasteiger partial charge in [0.05, 0.1) is 11.7 Å². The van der Waals surface area contributed by atoms with E-state index in [-0.39, 0.29) is 0 Å². The minimum atomic E-state index is 0.754. The van der Waals surface area contributed by atoms with Crippen molar-refractivity contribution in [2.45, 2.75) is 39.7 Å². The van der Waals surface area contributed by atoms with Gasteiger partial charge in [-0.1, -0.05) is 29.8 Å². The average Bonchev–Trinajstić information content (AvgIpc) is 3.05. The molecule has 3 heteroatoms. The van der Waals surface area contributed by atoms with Crippen molar-refractivity contribution >= 4 is 10.9 Å². The van der Waals surface area contributed by atoms with Crippen LogP contribution in [0.25, 0.3) is 10.9 Å². The third kappa shape index (κ3) is 3.77. The van der Waals surface area contributed by atoms with Crippen molar-refractivity contribution < 1.29 is 0 Å². The zero-order valence-corrected chi connectivity index (χ0v) is 15.3. The molecule has 1 aliphatic heterocycles. The molecule has 1 fully saturated rings. The van der Waals surface area contributed by atoms with Crippen LogP contribution in [0.5, 0.6) is 0 Å². The summed E-state index contributed by atoms with van der Waals surface area (Å²) in [4.78, 5) is 2.64. The van der Waals surface area contributed by atoms with Gasteiger partial charge in [0.1, 0.15) is 0 Å². The van der Waals surface area contributed by atoms with E-state index in [1.807, 2.05) is 6.20 Å². The van der Waals surface area contributed by atoms with Crippen molar-refractivity contribution in [1.82, 2.24) is 15.1 Å². The van der Waals surface area contributed by atoms with Gasteiger partial charge in [-0.2, -0.15) is 5.10 Å². The zero-order valence-electron chi connectivity index (χ0n) is 15.3. The van der Waals surface area contributed by atoms with E-state index in [9.17, 15) is 0 Å². The Balaban J connectivity index is 1.41. The smallest absolute Gasteiger partial charge is 0.0650 e. The second kappa shape index (κ2) is 7.01. The highest BCUT2D eigenvalue weighted by molar-refractivity contribution is 5.78. The number of hydrogen-bond acceptors (Lipinski definition) is 2. The second-order valence-corrected chi connectivity index (χ2v) is 7.67. The van der Waals surface area contributed by atoms with Crippen LogP contribution < -0.4 is 0 Å². The van der Waals surface area contributed by atoms with E-state index >= 15 is 0 Å². The van der Waals surface area contributed by atoms with Crippen LogP contribution in [0.1, 0.15) is 35.1 Å². The molecule has 1 aliphatic rings. The van der Waals surface area contributed by atoms with Gasteiger partial charge in [0, 0.05) is 18.5 Å². The molecule has 1 atom stereocenters. The molecule has 3 nitrogen and oxygen atoms in total. The van der Waals surface area contributed by atoms with Crippen LogP contribution in [0.2, 0.25) is 0 Å². The number of benzene rings is 2. The molecule has 0 radical (unpaired) electrons. The highest BCUT2D eigenvalue weighted by atomic mass is 15.1. The molecule has 2 heterocycles. The van der Waals surface area contributed by atoms with Crippen molar-refractivity contribution in [1.29, 1.82) is 0 Å². The van der Waals surface area contributed by atoms with Crippen LogP contribution in [0, 0.1) is 19.8 Å². The van der Waals surface area contributed by atoms with Gasteiger partial charge in [0.25, 0.3) is 0 Å². The molecular weight excluding hydrogens is 306 g/mol. The van der Waals surface area contributed by atoms with Gasteiger partial charge in [-0.15, -0.1) is 0 Å². The first kappa shape index (κ1) is 16.3. The number of nitrogens with one attached hydrogen (secondary N) is 1. The maximum absolute atomic E-state index is 4.13. The zero-order chi connectivity index (χ0) is 17.2. The Morgan fingerprint density at radius 1 is 1.16 bits per heavy atom. The molecule has 3 aromatic rings. The normalized spacial score (nSPS) is 18.7. The largest absolute Gasteiger partial charge is 0.299 e. The maximum atomic E-state index is 4.13. The molecule has 0 aliphatic carbocycles. The second-order valence-electron chi connectivity index (χ2n) is 7.67. The number of fused-ring (bicyclic) bond motifs is 1. The Bertz CT molecular complexity index is 865. The first-order chi connectivity index (χ1) is 12.2. The topological polar surface area (TPSA) is 31.9 Å². The van der Waals surface area contributed by atoms with Crippen LogP contribution in [-0.2, 0) is 13.0 Å². The molecule has 0 amide bonds. The molecule has 2 aromatic carbocycles. The Morgan fingerprint density at radius 3 is 2.96 bits per heavy atom. The van der Waals surface area contributed by atoms with E-state index in [0.717, 1.165) is 18.0 Å². The molecule has 1 unspecified atom stereocenters. The average molecular weight is 333 g/mol. The van der Waals surface area contributed by atoms with Crippen molar-refractivity contribution in [2.75, 3.05) is 13.1 Å². The summed E-state index contributed by atoms with van der Waals surface area (Å²) in [6.45, 7) is 7.93. The minimum Gasteiger partial charge on any atom is -0.299 e. The van der Waals surface area contributed by atoms with E-state index in [0.29, 0.717) is 0 Å². The van der Waals surface area contributed by atoms with Gasteiger partial charge >= 0.3 is 0 Å². The van der Waals surface area contributed by atoms with Crippen molar-refractivity contribution in [3.8, 4) is 0 Å². The number of aryl methyl sites for hydroxylation is 2. The fraction of sp³-hybridized carbons (Fsp3) is 0.409. The Kier molecular flexibility index (Phi) is 4.58. The first-order valence-electron chi connectivity index (χ1n) is 9.38. The number of H-pyrrole nitrogens is 1. The van der Waals surface area contributed by atoms with Gasteiger partial charge < -0.3 is 0 Å². The lowest BCUT2D eigenvalue weighted by molar-refractivity contribution is 0.167. The van der Waals surface area contributed by atoms with E-state index in [1.165, 1.54) is 60.0 Å². The summed E-state index contributed by atoms with van der Waals surface area (Å²) in [5.74, 6) is 0.754. The lowest BCUT2D eigenvalue weighted by atomic mass is 9.90. The number of aromatic amines is 1. The molecule has 130 valence electrons. The van der Waals surface area contributed by atoms with Crippen LogP contribution in [0.4, 0.5) is 0 Å². The highest BCUT2D eigenvalue weighted by Crippen LogP contribution is 2.24. The van der Waals surface area contributed by atoms with Gasteiger partial charge in [-0.25, -0.2) is 0 Å². The summed E-state index contributed by atoms with van der Waals surface area (Å²) < 4.78 is 0. The standard InChI is InChI=1S/C22H27N3/c1-16-5-7-20(17(2)10-16)15-25-9-3-4-19(14-25)11-18-6-8-22-21(12-18)13-23-24-22/h5-8,10,12-13,19H,3-4,9,11,14-15H2,1-2H3,(H,23,24). The molecule has 1 aromatic heterocycles. The summed E-state index contributed by atoms with van der Waals surface area (Å²) >= 11 is 0. The maximum Gasteiger partial charge on any atom is 0.0650 e. The molecule has 0 saturated carbocycles. The van der Waals surface area contributed by atoms with Crippen molar-refractivity contribution in [2.24, 2.45) is 5.92 Å². The quantitative estimate of drug-likeness (QED) is 0.754. The molecule has 25 heavy (non-hydrogen) atoms. The number of hydrogen-bond donors (Lipinski definition) is 1. The van der Waals surface area contributed by atoms with Crippen LogP contribution >= 0.6 is 0 Å². The fourth-order valence-electron chi connectivity index (χ4n) is 4.18. The number of likely N-dealkylation sites (tertiary alicyclic amines) is 1. The fourth-order valence-corrected chi connectivity index (χ4v) is 4.18. The molecule has 0 bridgehead atoms. The lowest BCUT2D eigenvalue weighted by Gasteiger charge is -2.33. The van der Waals surface area contributed by atoms with Gasteiger partial charge in [-0.05, 0) is 74.4 Å². The third-order valence-corrected chi connectivity index (χ3v) is 5.52. The monoisotopic (exact) mass is 333 g/mol. The Morgan fingerprint density at radius 2 is 2.08 bits per heavy atom. The van der Waals surface area contributed by atoms with Gasteiger partial charge in [-0.3, -0.25) is 10.00 Å². The molecule has 1 saturated heterocycles. The summed E-state index contributed by atoms with van der Waals surface area (Å²) in [6.07, 6.45) is 5.74. The molecule has 4 rings (SSSR count). The molecule has 1 N–H and O–H groups in total. The lowest BCUT2D eigenvalue weighted by Crippen LogP contribution is -2.35. The van der Waals surface area contributed by atoms with Crippen molar-refractivity contribution in [3.05, 3.63) is 64.8 Å². The predicted molar refractivity (Wildman–Crippen MR) is 104 cm³/mol. The van der Waals surface area contributed by atoms with E-state index in [4.69, 9.17) is 0 Å². The Hall–Kier alpha value is -2.13. The van der Waals surface area contributed by atoms with Gasteiger partial charge in [0.15, 0.2) is 0 Å². The van der Waals surface area contributed by atoms with Crippen LogP contribution in [-0.4, -0.2) is 28.2 Å². The SMILES string of the molecule is Cc1ccc(CN2CCCC(Cc3ccc4[nH]ncc4c3)C2)c(C)c1. The summed E-state index contributed by atoms with van der Waals surface area (Å²) in [7, 11) is 0. The first-order valence-corrected chi connectivity index (χ1v) is 9.38. The minimum absolute atomic E-state index is 0.754. The molecule has 0 spiro atoms. The Labute approximate surface area is 150 Å². The third-order valence-electron chi connectivity index (χ3n) is 5.52. The number of aromatic nitrogens is 2. The van der Waals surface area contributed by atoms with Crippen LogP contribution in [0.3, 0.4) is 0 Å². The predicted octanol–water partition coefficient (Wildman–Crippen LogP) is 4.63.